The molecule has 0 atom stereocenters. The van der Waals surface area contributed by atoms with E-state index < -0.39 is 0 Å². The molecule has 0 bridgehead atoms. The third kappa shape index (κ3) is 3.61. The van der Waals surface area contributed by atoms with E-state index in [1.165, 1.54) is 23.4 Å². The van der Waals surface area contributed by atoms with Crippen LogP contribution in [0.2, 0.25) is 0 Å². The summed E-state index contributed by atoms with van der Waals surface area (Å²) in [6.45, 7) is 0. The molecule has 5 heteroatoms. The fraction of sp³-hybridized carbons (Fsp3) is 0.375. The molecule has 3 rings (SSSR count). The molecule has 0 spiro atoms. The highest BCUT2D eigenvalue weighted by atomic mass is 32.1. The maximum Gasteiger partial charge on any atom is 0.226 e. The number of hydrogen-bond acceptors (Lipinski definition) is 4. The summed E-state index contributed by atoms with van der Waals surface area (Å²) in [6, 6.07) is 7.65. The number of thiazole rings is 1. The molecule has 0 radical (unpaired) electrons. The summed E-state index contributed by atoms with van der Waals surface area (Å²) < 4.78 is 0. The highest BCUT2D eigenvalue weighted by Crippen LogP contribution is 2.29. The molecule has 0 fully saturated rings. The van der Waals surface area contributed by atoms with Crippen molar-refractivity contribution in [3.63, 3.8) is 0 Å². The van der Waals surface area contributed by atoms with Crippen LogP contribution in [0.4, 0.5) is 10.8 Å². The van der Waals surface area contributed by atoms with Crippen molar-refractivity contribution in [2.45, 2.75) is 38.5 Å². The van der Waals surface area contributed by atoms with Gasteiger partial charge in [0, 0.05) is 17.0 Å². The monoisotopic (exact) mass is 301 g/mol. The standard InChI is InChI=1S/C16H19N3OS/c17-12-8-5-11(6-9-12)7-10-15(20)19-16-18-13-3-1-2-4-14(13)21-16/h5-6,8-9H,1-4,7,10,17H2,(H,18,19,20). The van der Waals surface area contributed by atoms with E-state index >= 15 is 0 Å². The molecule has 2 aromatic rings. The van der Waals surface area contributed by atoms with Gasteiger partial charge in [-0.3, -0.25) is 4.79 Å². The summed E-state index contributed by atoms with van der Waals surface area (Å²) in [5.41, 5.74) is 8.70. The highest BCUT2D eigenvalue weighted by Gasteiger charge is 2.16. The fourth-order valence-corrected chi connectivity index (χ4v) is 3.60. The Morgan fingerprint density at radius 2 is 2.00 bits per heavy atom. The molecule has 3 N–H and O–H groups in total. The number of amides is 1. The van der Waals surface area contributed by atoms with E-state index in [0.29, 0.717) is 6.42 Å². The molecule has 0 aliphatic heterocycles. The molecule has 1 aliphatic rings. The maximum absolute atomic E-state index is 12.0. The second-order valence-corrected chi connectivity index (χ2v) is 6.47. The lowest BCUT2D eigenvalue weighted by molar-refractivity contribution is -0.116. The van der Waals surface area contributed by atoms with Crippen LogP contribution in [0.3, 0.4) is 0 Å². The molecule has 0 unspecified atom stereocenters. The summed E-state index contributed by atoms with van der Waals surface area (Å²) in [7, 11) is 0. The number of nitrogens with zero attached hydrogens (tertiary/aromatic N) is 1. The van der Waals surface area contributed by atoms with Crippen molar-refractivity contribution in [1.82, 2.24) is 4.98 Å². The molecule has 110 valence electrons. The number of hydrogen-bond donors (Lipinski definition) is 2. The minimum absolute atomic E-state index is 0.0259. The number of aryl methyl sites for hydroxylation is 3. The smallest absolute Gasteiger partial charge is 0.226 e. The van der Waals surface area contributed by atoms with E-state index in [9.17, 15) is 4.79 Å². The fourth-order valence-electron chi connectivity index (χ4n) is 2.53. The number of rotatable bonds is 4. The van der Waals surface area contributed by atoms with Gasteiger partial charge in [0.15, 0.2) is 5.13 Å². The van der Waals surface area contributed by atoms with Crippen molar-refractivity contribution < 1.29 is 4.79 Å². The Morgan fingerprint density at radius 3 is 2.76 bits per heavy atom. The number of nitrogens with one attached hydrogen (secondary N) is 1. The molecule has 1 aromatic carbocycles. The van der Waals surface area contributed by atoms with Crippen molar-refractivity contribution in [3.8, 4) is 0 Å². The van der Waals surface area contributed by atoms with Crippen LogP contribution in [0.15, 0.2) is 24.3 Å². The number of nitrogen functional groups attached to an aromatic ring is 1. The van der Waals surface area contributed by atoms with Crippen LogP contribution in [0.25, 0.3) is 0 Å². The first-order chi connectivity index (χ1) is 10.2. The summed E-state index contributed by atoms with van der Waals surface area (Å²) >= 11 is 1.63. The van der Waals surface area contributed by atoms with E-state index in [4.69, 9.17) is 5.73 Å². The van der Waals surface area contributed by atoms with Crippen molar-refractivity contribution >= 4 is 28.1 Å². The van der Waals surface area contributed by atoms with E-state index in [2.05, 4.69) is 10.3 Å². The average Bonchev–Trinajstić information content (AvgIpc) is 2.88. The van der Waals surface area contributed by atoms with E-state index in [-0.39, 0.29) is 5.91 Å². The van der Waals surface area contributed by atoms with Crippen molar-refractivity contribution in [3.05, 3.63) is 40.4 Å². The zero-order valence-corrected chi connectivity index (χ0v) is 12.7. The summed E-state index contributed by atoms with van der Waals surface area (Å²) in [4.78, 5) is 17.9. The van der Waals surface area contributed by atoms with E-state index in [1.807, 2.05) is 24.3 Å². The lowest BCUT2D eigenvalue weighted by Gasteiger charge is -2.06. The van der Waals surface area contributed by atoms with Gasteiger partial charge in [-0.25, -0.2) is 4.98 Å². The minimum Gasteiger partial charge on any atom is -0.399 e. The van der Waals surface area contributed by atoms with Crippen molar-refractivity contribution in [2.75, 3.05) is 11.1 Å². The number of carbonyl (C=O) groups is 1. The topological polar surface area (TPSA) is 68.0 Å². The molecular formula is C16H19N3OS. The second-order valence-electron chi connectivity index (χ2n) is 5.39. The molecular weight excluding hydrogens is 282 g/mol. The first-order valence-corrected chi connectivity index (χ1v) is 8.15. The second kappa shape index (κ2) is 6.26. The quantitative estimate of drug-likeness (QED) is 0.852. The first-order valence-electron chi connectivity index (χ1n) is 7.33. The molecule has 1 amide bonds. The van der Waals surface area contributed by atoms with Gasteiger partial charge < -0.3 is 11.1 Å². The number of fused-ring (bicyclic) bond motifs is 1. The largest absolute Gasteiger partial charge is 0.399 e. The van der Waals surface area contributed by atoms with Gasteiger partial charge in [0.25, 0.3) is 0 Å². The maximum atomic E-state index is 12.0. The zero-order valence-electron chi connectivity index (χ0n) is 11.9. The van der Waals surface area contributed by atoms with Gasteiger partial charge >= 0.3 is 0 Å². The Kier molecular flexibility index (Phi) is 4.20. The average molecular weight is 301 g/mol. The molecule has 0 saturated carbocycles. The molecule has 1 heterocycles. The molecule has 4 nitrogen and oxygen atoms in total. The van der Waals surface area contributed by atoms with Crippen LogP contribution < -0.4 is 11.1 Å². The van der Waals surface area contributed by atoms with Crippen LogP contribution in [-0.4, -0.2) is 10.9 Å². The zero-order chi connectivity index (χ0) is 14.7. The first kappa shape index (κ1) is 14.1. The minimum atomic E-state index is 0.0259. The number of nitrogens with two attached hydrogens (primary N) is 1. The third-order valence-electron chi connectivity index (χ3n) is 3.71. The molecule has 1 aromatic heterocycles. The lowest BCUT2D eigenvalue weighted by Crippen LogP contribution is -2.12. The number of anilines is 2. The van der Waals surface area contributed by atoms with Gasteiger partial charge in [0.05, 0.1) is 5.69 Å². The Bertz CT molecular complexity index is 610. The van der Waals surface area contributed by atoms with Crippen molar-refractivity contribution in [2.24, 2.45) is 0 Å². The Hall–Kier alpha value is -1.88. The summed E-state index contributed by atoms with van der Waals surface area (Å²) in [5, 5.41) is 3.68. The molecule has 21 heavy (non-hydrogen) atoms. The van der Waals surface area contributed by atoms with Gasteiger partial charge in [0.2, 0.25) is 5.91 Å². The SMILES string of the molecule is Nc1ccc(CCC(=O)Nc2nc3c(s2)CCCC3)cc1. The van der Waals surface area contributed by atoms with E-state index in [0.717, 1.165) is 35.6 Å². The number of benzene rings is 1. The Balaban J connectivity index is 1.54. The number of carbonyl (C=O) groups excluding carboxylic acids is 1. The van der Waals surface area contributed by atoms with Crippen LogP contribution in [0.1, 0.15) is 35.4 Å². The van der Waals surface area contributed by atoms with Gasteiger partial charge in [-0.05, 0) is 49.8 Å². The van der Waals surface area contributed by atoms with Crippen LogP contribution in [0.5, 0.6) is 0 Å². The van der Waals surface area contributed by atoms with Gasteiger partial charge in [-0.15, -0.1) is 11.3 Å². The predicted octanol–water partition coefficient (Wildman–Crippen LogP) is 3.18. The highest BCUT2D eigenvalue weighted by molar-refractivity contribution is 7.15. The van der Waals surface area contributed by atoms with Crippen LogP contribution in [0, 0.1) is 0 Å². The van der Waals surface area contributed by atoms with Crippen molar-refractivity contribution in [1.29, 1.82) is 0 Å². The van der Waals surface area contributed by atoms with Crippen LogP contribution >= 0.6 is 11.3 Å². The van der Waals surface area contributed by atoms with Gasteiger partial charge in [-0.2, -0.15) is 0 Å². The lowest BCUT2D eigenvalue weighted by atomic mass is 10.0. The molecule has 0 saturated heterocycles. The normalized spacial score (nSPS) is 13.7. The summed E-state index contributed by atoms with van der Waals surface area (Å²) in [5.74, 6) is 0.0259. The van der Waals surface area contributed by atoms with Gasteiger partial charge in [-0.1, -0.05) is 12.1 Å². The van der Waals surface area contributed by atoms with Crippen LogP contribution in [-0.2, 0) is 24.1 Å². The third-order valence-corrected chi connectivity index (χ3v) is 4.79. The predicted molar refractivity (Wildman–Crippen MR) is 86.6 cm³/mol. The Morgan fingerprint density at radius 1 is 1.24 bits per heavy atom. The van der Waals surface area contributed by atoms with Gasteiger partial charge in [0.1, 0.15) is 0 Å². The number of aromatic nitrogens is 1. The molecule has 1 aliphatic carbocycles. The van der Waals surface area contributed by atoms with E-state index in [1.54, 1.807) is 11.3 Å². The Labute approximate surface area is 128 Å². The summed E-state index contributed by atoms with van der Waals surface area (Å²) in [6.07, 6.45) is 5.79.